The molecule has 1 heterocycles. The van der Waals surface area contributed by atoms with Crippen LogP contribution in [0, 0.1) is 11.6 Å². The first kappa shape index (κ1) is 12.8. The van der Waals surface area contributed by atoms with Crippen LogP contribution in [0.2, 0.25) is 0 Å². The van der Waals surface area contributed by atoms with Crippen molar-refractivity contribution in [1.82, 2.24) is 10.3 Å². The number of hydrogen-bond donors (Lipinski definition) is 2. The van der Waals surface area contributed by atoms with E-state index >= 15 is 0 Å². The summed E-state index contributed by atoms with van der Waals surface area (Å²) >= 11 is 0. The molecule has 102 valence electrons. The molecule has 0 fully saturated rings. The highest BCUT2D eigenvalue weighted by atomic mass is 19.2. The van der Waals surface area contributed by atoms with Crippen LogP contribution < -0.4 is 5.32 Å². The molecule has 1 aromatic heterocycles. The molecule has 0 amide bonds. The first-order valence-electron chi connectivity index (χ1n) is 6.43. The van der Waals surface area contributed by atoms with Gasteiger partial charge in [-0.3, -0.25) is 0 Å². The van der Waals surface area contributed by atoms with E-state index in [-0.39, 0.29) is 0 Å². The van der Waals surface area contributed by atoms with Crippen molar-refractivity contribution in [3.8, 4) is 0 Å². The van der Waals surface area contributed by atoms with Gasteiger partial charge in [0.15, 0.2) is 11.6 Å². The zero-order valence-electron chi connectivity index (χ0n) is 10.8. The van der Waals surface area contributed by atoms with Crippen molar-refractivity contribution in [3.05, 3.63) is 71.4 Å². The Balaban J connectivity index is 1.68. The molecule has 0 bridgehead atoms. The van der Waals surface area contributed by atoms with Crippen molar-refractivity contribution in [2.45, 2.75) is 13.1 Å². The van der Waals surface area contributed by atoms with Crippen LogP contribution in [-0.4, -0.2) is 4.98 Å². The number of hydrogen-bond acceptors (Lipinski definition) is 1. The van der Waals surface area contributed by atoms with Crippen molar-refractivity contribution in [2.75, 3.05) is 0 Å². The van der Waals surface area contributed by atoms with Crippen LogP contribution in [0.1, 0.15) is 11.1 Å². The predicted octanol–water partition coefficient (Wildman–Crippen LogP) is 3.74. The molecule has 0 aliphatic carbocycles. The smallest absolute Gasteiger partial charge is 0.159 e. The van der Waals surface area contributed by atoms with Gasteiger partial charge in [-0.15, -0.1) is 0 Å². The fourth-order valence-corrected chi connectivity index (χ4v) is 2.30. The number of H-pyrrole nitrogens is 1. The van der Waals surface area contributed by atoms with E-state index in [1.165, 1.54) is 17.0 Å². The first-order chi connectivity index (χ1) is 9.74. The Morgan fingerprint density at radius 1 is 0.950 bits per heavy atom. The van der Waals surface area contributed by atoms with E-state index in [0.717, 1.165) is 17.1 Å². The van der Waals surface area contributed by atoms with Gasteiger partial charge in [0.2, 0.25) is 0 Å². The number of aromatic amines is 1. The van der Waals surface area contributed by atoms with Gasteiger partial charge in [-0.25, -0.2) is 8.78 Å². The molecular weight excluding hydrogens is 258 g/mol. The minimum atomic E-state index is -0.814. The highest BCUT2D eigenvalue weighted by Gasteiger charge is 2.04. The maximum absolute atomic E-state index is 13.1. The van der Waals surface area contributed by atoms with Crippen molar-refractivity contribution in [1.29, 1.82) is 0 Å². The van der Waals surface area contributed by atoms with Crippen LogP contribution in [0.15, 0.2) is 48.7 Å². The number of fused-ring (bicyclic) bond motifs is 1. The van der Waals surface area contributed by atoms with E-state index in [1.54, 1.807) is 6.07 Å². The molecule has 3 rings (SSSR count). The number of nitrogens with one attached hydrogen (secondary N) is 2. The quantitative estimate of drug-likeness (QED) is 0.744. The van der Waals surface area contributed by atoms with E-state index in [0.29, 0.717) is 13.1 Å². The molecule has 3 aromatic rings. The lowest BCUT2D eigenvalue weighted by atomic mass is 10.1. The van der Waals surface area contributed by atoms with Gasteiger partial charge in [0.05, 0.1) is 0 Å². The molecule has 0 saturated heterocycles. The topological polar surface area (TPSA) is 27.8 Å². The average molecular weight is 272 g/mol. The highest BCUT2D eigenvalue weighted by Crippen LogP contribution is 2.17. The van der Waals surface area contributed by atoms with Crippen LogP contribution in [0.3, 0.4) is 0 Å². The van der Waals surface area contributed by atoms with Gasteiger partial charge in [0.1, 0.15) is 0 Å². The highest BCUT2D eigenvalue weighted by molar-refractivity contribution is 5.82. The standard InChI is InChI=1S/C16H14F2N2/c17-14-5-4-11(8-15(14)18)9-19-10-12-2-1-3-16-13(12)6-7-20-16/h1-8,19-20H,9-10H2. The van der Waals surface area contributed by atoms with Crippen LogP contribution in [0.5, 0.6) is 0 Å². The second-order valence-electron chi connectivity index (χ2n) is 4.71. The second kappa shape index (κ2) is 5.43. The monoisotopic (exact) mass is 272 g/mol. The molecule has 0 radical (unpaired) electrons. The molecule has 2 N–H and O–H groups in total. The summed E-state index contributed by atoms with van der Waals surface area (Å²) in [6, 6.07) is 12.1. The summed E-state index contributed by atoms with van der Waals surface area (Å²) in [7, 11) is 0. The van der Waals surface area contributed by atoms with Crippen LogP contribution in [0.25, 0.3) is 10.9 Å². The summed E-state index contributed by atoms with van der Waals surface area (Å²) < 4.78 is 25.9. The van der Waals surface area contributed by atoms with Crippen LogP contribution >= 0.6 is 0 Å². The van der Waals surface area contributed by atoms with Gasteiger partial charge in [0.25, 0.3) is 0 Å². The molecule has 0 aliphatic rings. The number of aromatic nitrogens is 1. The molecule has 20 heavy (non-hydrogen) atoms. The Morgan fingerprint density at radius 3 is 2.70 bits per heavy atom. The Bertz CT molecular complexity index is 734. The zero-order chi connectivity index (χ0) is 13.9. The van der Waals surface area contributed by atoms with Gasteiger partial charge in [-0.1, -0.05) is 18.2 Å². The van der Waals surface area contributed by atoms with Gasteiger partial charge < -0.3 is 10.3 Å². The lowest BCUT2D eigenvalue weighted by Gasteiger charge is -2.07. The minimum Gasteiger partial charge on any atom is -0.361 e. The number of rotatable bonds is 4. The second-order valence-corrected chi connectivity index (χ2v) is 4.71. The molecular formula is C16H14F2N2. The third-order valence-electron chi connectivity index (χ3n) is 3.31. The number of halogens is 2. The largest absolute Gasteiger partial charge is 0.361 e. The summed E-state index contributed by atoms with van der Waals surface area (Å²) in [5.74, 6) is -1.62. The first-order valence-corrected chi connectivity index (χ1v) is 6.43. The molecule has 2 nitrogen and oxygen atoms in total. The predicted molar refractivity (Wildman–Crippen MR) is 75.2 cm³/mol. The molecule has 2 aromatic carbocycles. The summed E-state index contributed by atoms with van der Waals surface area (Å²) in [5.41, 5.74) is 2.99. The van der Waals surface area contributed by atoms with Gasteiger partial charge in [0, 0.05) is 30.2 Å². The molecule has 0 saturated carbocycles. The van der Waals surface area contributed by atoms with Crippen LogP contribution in [-0.2, 0) is 13.1 Å². The zero-order valence-corrected chi connectivity index (χ0v) is 10.8. The third kappa shape index (κ3) is 2.56. The average Bonchev–Trinajstić information content (AvgIpc) is 2.92. The summed E-state index contributed by atoms with van der Waals surface area (Å²) in [6.45, 7) is 1.17. The van der Waals surface area contributed by atoms with Crippen LogP contribution in [0.4, 0.5) is 8.78 Å². The Kier molecular flexibility index (Phi) is 3.48. The minimum absolute atomic E-state index is 0.498. The maximum atomic E-state index is 13.1. The van der Waals surface area contributed by atoms with E-state index in [9.17, 15) is 8.78 Å². The summed E-state index contributed by atoms with van der Waals surface area (Å²) in [5, 5.41) is 4.42. The van der Waals surface area contributed by atoms with Gasteiger partial charge in [-0.05, 0) is 35.4 Å². The number of benzene rings is 2. The van der Waals surface area contributed by atoms with E-state index in [2.05, 4.69) is 16.4 Å². The lowest BCUT2D eigenvalue weighted by molar-refractivity contribution is 0.506. The van der Waals surface area contributed by atoms with Crippen molar-refractivity contribution in [2.24, 2.45) is 0 Å². The van der Waals surface area contributed by atoms with Crippen molar-refractivity contribution < 1.29 is 8.78 Å². The van der Waals surface area contributed by atoms with Crippen molar-refractivity contribution >= 4 is 10.9 Å². The lowest BCUT2D eigenvalue weighted by Crippen LogP contribution is -2.13. The SMILES string of the molecule is Fc1ccc(CNCc2cccc3[nH]ccc23)cc1F. The Morgan fingerprint density at radius 2 is 1.85 bits per heavy atom. The Labute approximate surface area is 115 Å². The van der Waals surface area contributed by atoms with E-state index in [4.69, 9.17) is 0 Å². The van der Waals surface area contributed by atoms with E-state index in [1.807, 2.05) is 24.4 Å². The summed E-state index contributed by atoms with van der Waals surface area (Å²) in [6.07, 6.45) is 1.91. The molecule has 0 atom stereocenters. The van der Waals surface area contributed by atoms with Gasteiger partial charge >= 0.3 is 0 Å². The van der Waals surface area contributed by atoms with Gasteiger partial charge in [-0.2, -0.15) is 0 Å². The maximum Gasteiger partial charge on any atom is 0.159 e. The normalized spacial score (nSPS) is 11.1. The third-order valence-corrected chi connectivity index (χ3v) is 3.31. The molecule has 0 spiro atoms. The van der Waals surface area contributed by atoms with Crippen molar-refractivity contribution in [3.63, 3.8) is 0 Å². The van der Waals surface area contributed by atoms with E-state index < -0.39 is 11.6 Å². The molecule has 0 unspecified atom stereocenters. The molecule has 4 heteroatoms. The molecule has 0 aliphatic heterocycles. The fraction of sp³-hybridized carbons (Fsp3) is 0.125. The Hall–Kier alpha value is -2.20. The fourth-order valence-electron chi connectivity index (χ4n) is 2.30. The summed E-state index contributed by atoms with van der Waals surface area (Å²) in [4.78, 5) is 3.16.